The van der Waals surface area contributed by atoms with Crippen molar-refractivity contribution in [2.45, 2.75) is 38.4 Å². The highest BCUT2D eigenvalue weighted by Crippen LogP contribution is 2.72. The van der Waals surface area contributed by atoms with Crippen LogP contribution in [0.2, 0.25) is 0 Å². The van der Waals surface area contributed by atoms with Crippen LogP contribution in [-0.4, -0.2) is 29.6 Å². The second kappa shape index (κ2) is 5.66. The summed E-state index contributed by atoms with van der Waals surface area (Å²) < 4.78 is 4.79. The zero-order chi connectivity index (χ0) is 18.6. The van der Waals surface area contributed by atoms with Crippen molar-refractivity contribution in [2.24, 2.45) is 16.2 Å². The van der Waals surface area contributed by atoms with Gasteiger partial charge in [0.2, 0.25) is 5.91 Å². The Morgan fingerprint density at radius 2 is 1.84 bits per heavy atom. The normalized spacial score (nSPS) is 32.5. The molecule has 0 aliphatic heterocycles. The quantitative estimate of drug-likeness (QED) is 0.613. The van der Waals surface area contributed by atoms with E-state index in [1.165, 1.54) is 7.11 Å². The van der Waals surface area contributed by atoms with Gasteiger partial charge in [-0.2, -0.15) is 0 Å². The zero-order valence-electron chi connectivity index (χ0n) is 14.8. The SMILES string of the molecule is COC(=O)c1ccccc1NC(=O)[C@@]12CC[C@@](C)(C(=O)[C@H]1Br)C2(C)C. The molecule has 0 aromatic heterocycles. The molecule has 0 heterocycles. The number of esters is 1. The van der Waals surface area contributed by atoms with Gasteiger partial charge in [0.25, 0.3) is 0 Å². The molecule has 2 bridgehead atoms. The Kier molecular flexibility index (Phi) is 4.10. The summed E-state index contributed by atoms with van der Waals surface area (Å²) in [5.41, 5.74) is -1.17. The molecular formula is C19H22BrNO4. The molecule has 2 aliphatic rings. The van der Waals surface area contributed by atoms with Gasteiger partial charge in [-0.3, -0.25) is 9.59 Å². The van der Waals surface area contributed by atoms with Gasteiger partial charge in [-0.1, -0.05) is 48.8 Å². The standard InChI is InChI=1S/C19H22BrNO4/c1-17(2)18(3)9-10-19(17,13(20)14(18)22)16(24)21-12-8-6-5-7-11(12)15(23)25-4/h5-8,13H,9-10H2,1-4H3,(H,21,24)/t13-,18+,19-/m1/s1. The minimum absolute atomic E-state index is 0.0835. The number of carbonyl (C=O) groups is 3. The number of rotatable bonds is 3. The van der Waals surface area contributed by atoms with E-state index in [0.29, 0.717) is 24.1 Å². The van der Waals surface area contributed by atoms with Gasteiger partial charge >= 0.3 is 5.97 Å². The van der Waals surface area contributed by atoms with Gasteiger partial charge < -0.3 is 10.1 Å². The number of hydrogen-bond donors (Lipinski definition) is 1. The molecule has 0 spiro atoms. The van der Waals surface area contributed by atoms with Crippen molar-refractivity contribution >= 4 is 39.3 Å². The van der Waals surface area contributed by atoms with Gasteiger partial charge in [0.05, 0.1) is 28.6 Å². The van der Waals surface area contributed by atoms with E-state index in [9.17, 15) is 14.4 Å². The van der Waals surface area contributed by atoms with Crippen LogP contribution in [0.4, 0.5) is 5.69 Å². The number of halogens is 1. The molecule has 2 saturated carbocycles. The topological polar surface area (TPSA) is 72.5 Å². The van der Waals surface area contributed by atoms with E-state index >= 15 is 0 Å². The third kappa shape index (κ3) is 2.09. The van der Waals surface area contributed by atoms with E-state index in [2.05, 4.69) is 21.2 Å². The summed E-state index contributed by atoms with van der Waals surface area (Å²) in [5, 5.41) is 2.89. The Balaban J connectivity index is 2.00. The predicted octanol–water partition coefficient (Wildman–Crippen LogP) is 3.57. The van der Waals surface area contributed by atoms with Crippen molar-refractivity contribution in [3.8, 4) is 0 Å². The molecule has 0 saturated heterocycles. The minimum atomic E-state index is -0.845. The summed E-state index contributed by atoms with van der Waals surface area (Å²) in [5.74, 6) is -0.660. The number of methoxy groups -OCH3 is 1. The maximum Gasteiger partial charge on any atom is 0.339 e. The summed E-state index contributed by atoms with van der Waals surface area (Å²) in [6, 6.07) is 6.73. The Morgan fingerprint density at radius 1 is 1.20 bits per heavy atom. The van der Waals surface area contributed by atoms with Gasteiger partial charge in [-0.15, -0.1) is 0 Å². The monoisotopic (exact) mass is 407 g/mol. The average Bonchev–Trinajstić information content (AvgIpc) is 2.86. The molecule has 134 valence electrons. The van der Waals surface area contributed by atoms with Crippen LogP contribution >= 0.6 is 15.9 Å². The molecule has 1 aromatic carbocycles. The van der Waals surface area contributed by atoms with Crippen LogP contribution in [0.1, 0.15) is 44.0 Å². The highest BCUT2D eigenvalue weighted by atomic mass is 79.9. The lowest BCUT2D eigenvalue weighted by Gasteiger charge is -2.39. The van der Waals surface area contributed by atoms with E-state index in [0.717, 1.165) is 0 Å². The molecule has 2 aliphatic carbocycles. The van der Waals surface area contributed by atoms with Crippen LogP contribution in [0.5, 0.6) is 0 Å². The van der Waals surface area contributed by atoms with Crippen molar-refractivity contribution in [3.63, 3.8) is 0 Å². The molecule has 1 aromatic rings. The van der Waals surface area contributed by atoms with Gasteiger partial charge in [-0.05, 0) is 30.4 Å². The molecule has 2 fully saturated rings. The lowest BCUT2D eigenvalue weighted by molar-refractivity contribution is -0.130. The average molecular weight is 408 g/mol. The molecule has 6 heteroatoms. The Hall–Kier alpha value is -1.69. The number of ether oxygens (including phenoxy) is 1. The first-order chi connectivity index (χ1) is 11.6. The molecule has 1 amide bonds. The largest absolute Gasteiger partial charge is 0.465 e. The summed E-state index contributed by atoms with van der Waals surface area (Å²) in [6.07, 6.45) is 1.32. The van der Waals surface area contributed by atoms with E-state index in [1.54, 1.807) is 24.3 Å². The summed E-state index contributed by atoms with van der Waals surface area (Å²) in [4.78, 5) is 37.5. The highest BCUT2D eigenvalue weighted by Gasteiger charge is 2.76. The van der Waals surface area contributed by atoms with Crippen LogP contribution < -0.4 is 5.32 Å². The minimum Gasteiger partial charge on any atom is -0.465 e. The number of ketones is 1. The van der Waals surface area contributed by atoms with Crippen molar-refractivity contribution in [1.82, 2.24) is 0 Å². The van der Waals surface area contributed by atoms with Crippen LogP contribution in [0.15, 0.2) is 24.3 Å². The number of para-hydroxylation sites is 1. The first-order valence-corrected chi connectivity index (χ1v) is 9.22. The molecule has 3 rings (SSSR count). The molecule has 5 nitrogen and oxygen atoms in total. The summed E-state index contributed by atoms with van der Waals surface area (Å²) >= 11 is 3.50. The fourth-order valence-electron chi connectivity index (χ4n) is 4.57. The van der Waals surface area contributed by atoms with Gasteiger partial charge in [0, 0.05) is 5.41 Å². The smallest absolute Gasteiger partial charge is 0.339 e. The molecule has 0 unspecified atom stereocenters. The number of hydrogen-bond acceptors (Lipinski definition) is 4. The van der Waals surface area contributed by atoms with Crippen LogP contribution in [0, 0.1) is 16.2 Å². The fourth-order valence-corrected chi connectivity index (χ4v) is 6.08. The van der Waals surface area contributed by atoms with Crippen molar-refractivity contribution in [3.05, 3.63) is 29.8 Å². The number of carbonyl (C=O) groups excluding carboxylic acids is 3. The maximum atomic E-state index is 13.3. The number of anilines is 1. The molecule has 1 N–H and O–H groups in total. The number of Topliss-reactive ketones (excluding diaryl/α,β-unsaturated/α-hetero) is 1. The lowest BCUT2D eigenvalue weighted by Crippen LogP contribution is -2.48. The Bertz CT molecular complexity index is 774. The molecule has 0 radical (unpaired) electrons. The third-order valence-corrected chi connectivity index (χ3v) is 7.90. The molecule has 3 atom stereocenters. The third-order valence-electron chi connectivity index (χ3n) is 6.71. The highest BCUT2D eigenvalue weighted by molar-refractivity contribution is 9.10. The number of amides is 1. The molecular weight excluding hydrogens is 386 g/mol. The predicted molar refractivity (Wildman–Crippen MR) is 97.7 cm³/mol. The zero-order valence-corrected chi connectivity index (χ0v) is 16.4. The Labute approximate surface area is 155 Å². The van der Waals surface area contributed by atoms with Gasteiger partial charge in [-0.25, -0.2) is 4.79 Å². The van der Waals surface area contributed by atoms with Crippen molar-refractivity contribution < 1.29 is 19.1 Å². The van der Waals surface area contributed by atoms with E-state index in [4.69, 9.17) is 4.74 Å². The van der Waals surface area contributed by atoms with Crippen LogP contribution in [0.3, 0.4) is 0 Å². The van der Waals surface area contributed by atoms with Crippen LogP contribution in [-0.2, 0) is 14.3 Å². The van der Waals surface area contributed by atoms with Crippen LogP contribution in [0.25, 0.3) is 0 Å². The van der Waals surface area contributed by atoms with E-state index in [1.807, 2.05) is 20.8 Å². The van der Waals surface area contributed by atoms with Gasteiger partial charge in [0.1, 0.15) is 0 Å². The van der Waals surface area contributed by atoms with Crippen molar-refractivity contribution in [2.75, 3.05) is 12.4 Å². The second-order valence-electron chi connectivity index (χ2n) is 7.65. The lowest BCUT2D eigenvalue weighted by atomic mass is 9.64. The summed E-state index contributed by atoms with van der Waals surface area (Å²) in [6.45, 7) is 5.93. The van der Waals surface area contributed by atoms with E-state index < -0.39 is 27.0 Å². The maximum absolute atomic E-state index is 13.3. The molecule has 25 heavy (non-hydrogen) atoms. The first kappa shape index (κ1) is 18.1. The second-order valence-corrected chi connectivity index (χ2v) is 8.56. The first-order valence-electron chi connectivity index (χ1n) is 8.30. The van der Waals surface area contributed by atoms with Gasteiger partial charge in [0.15, 0.2) is 5.78 Å². The number of nitrogens with one attached hydrogen (secondary N) is 1. The number of fused-ring (bicyclic) bond motifs is 2. The Morgan fingerprint density at radius 3 is 2.40 bits per heavy atom. The van der Waals surface area contributed by atoms with Crippen molar-refractivity contribution in [1.29, 1.82) is 0 Å². The number of benzene rings is 1. The fraction of sp³-hybridized carbons (Fsp3) is 0.526. The summed E-state index contributed by atoms with van der Waals surface area (Å²) in [7, 11) is 1.30. The number of alkyl halides is 1. The van der Waals surface area contributed by atoms with E-state index in [-0.39, 0.29) is 11.7 Å².